The molecule has 1 aromatic carbocycles. The zero-order chi connectivity index (χ0) is 19.6. The van der Waals surface area contributed by atoms with Gasteiger partial charge in [0.2, 0.25) is 11.8 Å². The third-order valence-corrected chi connectivity index (χ3v) is 5.90. The number of carbonyl (C=O) groups is 3. The van der Waals surface area contributed by atoms with Crippen molar-refractivity contribution in [2.75, 3.05) is 19.6 Å². The van der Waals surface area contributed by atoms with E-state index in [1.165, 1.54) is 0 Å². The number of piperidine rings is 1. The van der Waals surface area contributed by atoms with E-state index in [-0.39, 0.29) is 35.7 Å². The summed E-state index contributed by atoms with van der Waals surface area (Å²) >= 11 is 3.38. The Labute approximate surface area is 168 Å². The molecule has 0 aromatic heterocycles. The highest BCUT2D eigenvalue weighted by molar-refractivity contribution is 9.10. The number of nitrogens with one attached hydrogen (secondary N) is 1. The maximum atomic E-state index is 12.6. The zero-order valence-corrected chi connectivity index (χ0v) is 17.4. The lowest BCUT2D eigenvalue weighted by Gasteiger charge is -2.33. The molecule has 7 heteroatoms. The standard InChI is InChI=1S/C20H26BrN3O3/c1-13(2)24-12-15(11-18(24)25)19(26)22-17-7-9-23(10-8-17)20(27)14-3-5-16(21)6-4-14/h3-6,13,15,17H,7-12H2,1-2H3,(H,22,26). The molecule has 146 valence electrons. The summed E-state index contributed by atoms with van der Waals surface area (Å²) in [4.78, 5) is 40.7. The van der Waals surface area contributed by atoms with E-state index in [2.05, 4.69) is 21.2 Å². The van der Waals surface area contributed by atoms with Crippen molar-refractivity contribution in [1.82, 2.24) is 15.1 Å². The average molecular weight is 436 g/mol. The molecule has 2 aliphatic rings. The third kappa shape index (κ3) is 4.69. The van der Waals surface area contributed by atoms with Crippen molar-refractivity contribution in [2.24, 2.45) is 5.92 Å². The summed E-state index contributed by atoms with van der Waals surface area (Å²) in [6, 6.07) is 7.56. The predicted octanol–water partition coefficient (Wildman–Crippen LogP) is 2.43. The predicted molar refractivity (Wildman–Crippen MR) is 106 cm³/mol. The molecule has 0 bridgehead atoms. The second kappa shape index (κ2) is 8.42. The Kier molecular flexibility index (Phi) is 6.19. The van der Waals surface area contributed by atoms with Gasteiger partial charge in [0.15, 0.2) is 0 Å². The molecule has 1 aromatic rings. The van der Waals surface area contributed by atoms with E-state index in [1.807, 2.05) is 43.0 Å². The van der Waals surface area contributed by atoms with E-state index < -0.39 is 0 Å². The van der Waals surface area contributed by atoms with Gasteiger partial charge < -0.3 is 15.1 Å². The number of carbonyl (C=O) groups excluding carboxylic acids is 3. The van der Waals surface area contributed by atoms with Gasteiger partial charge in [-0.3, -0.25) is 14.4 Å². The molecule has 1 N–H and O–H groups in total. The molecule has 2 fully saturated rings. The number of amides is 3. The molecule has 2 aliphatic heterocycles. The van der Waals surface area contributed by atoms with Crippen LogP contribution in [0.25, 0.3) is 0 Å². The van der Waals surface area contributed by atoms with E-state index in [1.54, 1.807) is 4.90 Å². The molecule has 6 nitrogen and oxygen atoms in total. The van der Waals surface area contributed by atoms with Crippen molar-refractivity contribution < 1.29 is 14.4 Å². The number of hydrogen-bond donors (Lipinski definition) is 1. The van der Waals surface area contributed by atoms with Gasteiger partial charge in [-0.25, -0.2) is 0 Å². The summed E-state index contributed by atoms with van der Waals surface area (Å²) in [5.74, 6) is -0.215. The minimum absolute atomic E-state index is 0.0289. The fourth-order valence-corrected chi connectivity index (χ4v) is 3.99. The average Bonchev–Trinajstić information content (AvgIpc) is 3.05. The number of hydrogen-bond acceptors (Lipinski definition) is 3. The van der Waals surface area contributed by atoms with Gasteiger partial charge >= 0.3 is 0 Å². The zero-order valence-electron chi connectivity index (χ0n) is 15.8. The lowest BCUT2D eigenvalue weighted by atomic mass is 10.0. The van der Waals surface area contributed by atoms with Crippen LogP contribution in [0.1, 0.15) is 43.5 Å². The molecular weight excluding hydrogens is 410 g/mol. The summed E-state index contributed by atoms with van der Waals surface area (Å²) in [5, 5.41) is 3.09. The summed E-state index contributed by atoms with van der Waals surface area (Å²) in [6.07, 6.45) is 1.77. The van der Waals surface area contributed by atoms with Crippen LogP contribution < -0.4 is 5.32 Å². The fourth-order valence-electron chi connectivity index (χ4n) is 3.73. The van der Waals surface area contributed by atoms with Crippen LogP contribution in [0.2, 0.25) is 0 Å². The van der Waals surface area contributed by atoms with E-state index in [9.17, 15) is 14.4 Å². The van der Waals surface area contributed by atoms with Gasteiger partial charge in [0, 0.05) is 48.2 Å². The van der Waals surface area contributed by atoms with Gasteiger partial charge in [-0.15, -0.1) is 0 Å². The SMILES string of the molecule is CC(C)N1CC(C(=O)NC2CCN(C(=O)c3ccc(Br)cc3)CC2)CC1=O. The Morgan fingerprint density at radius 1 is 1.15 bits per heavy atom. The largest absolute Gasteiger partial charge is 0.353 e. The first kappa shape index (κ1) is 19.9. The second-order valence-corrected chi connectivity index (χ2v) is 8.54. The van der Waals surface area contributed by atoms with Crippen LogP contribution in [0.5, 0.6) is 0 Å². The normalized spacial score (nSPS) is 21.0. The highest BCUT2D eigenvalue weighted by atomic mass is 79.9. The van der Waals surface area contributed by atoms with Crippen LogP contribution in [0, 0.1) is 5.92 Å². The van der Waals surface area contributed by atoms with E-state index in [4.69, 9.17) is 0 Å². The minimum atomic E-state index is -0.262. The Hall–Kier alpha value is -1.89. The number of benzene rings is 1. The van der Waals surface area contributed by atoms with Crippen molar-refractivity contribution in [2.45, 2.75) is 45.2 Å². The van der Waals surface area contributed by atoms with E-state index in [0.29, 0.717) is 31.6 Å². The van der Waals surface area contributed by atoms with Crippen molar-refractivity contribution >= 4 is 33.7 Å². The maximum Gasteiger partial charge on any atom is 0.253 e. The van der Waals surface area contributed by atoms with Gasteiger partial charge in [0.1, 0.15) is 0 Å². The minimum Gasteiger partial charge on any atom is -0.353 e. The first-order valence-corrected chi connectivity index (χ1v) is 10.3. The Bertz CT molecular complexity index is 712. The van der Waals surface area contributed by atoms with Gasteiger partial charge in [-0.2, -0.15) is 0 Å². The monoisotopic (exact) mass is 435 g/mol. The van der Waals surface area contributed by atoms with Gasteiger partial charge in [0.05, 0.1) is 5.92 Å². The van der Waals surface area contributed by atoms with Crippen LogP contribution >= 0.6 is 15.9 Å². The van der Waals surface area contributed by atoms with Crippen molar-refractivity contribution in [1.29, 1.82) is 0 Å². The Morgan fingerprint density at radius 3 is 2.33 bits per heavy atom. The molecule has 0 radical (unpaired) electrons. The fraction of sp³-hybridized carbons (Fsp3) is 0.550. The van der Waals surface area contributed by atoms with E-state index in [0.717, 1.165) is 17.3 Å². The summed E-state index contributed by atoms with van der Waals surface area (Å²) in [7, 11) is 0. The van der Waals surface area contributed by atoms with Crippen molar-refractivity contribution in [3.05, 3.63) is 34.3 Å². The second-order valence-electron chi connectivity index (χ2n) is 7.62. The molecule has 27 heavy (non-hydrogen) atoms. The third-order valence-electron chi connectivity index (χ3n) is 5.37. The molecular formula is C20H26BrN3O3. The molecule has 2 saturated heterocycles. The molecule has 1 unspecified atom stereocenters. The van der Waals surface area contributed by atoms with Crippen LogP contribution in [0.3, 0.4) is 0 Å². The summed E-state index contributed by atoms with van der Waals surface area (Å²) in [6.45, 7) is 5.69. The number of nitrogens with zero attached hydrogens (tertiary/aromatic N) is 2. The smallest absolute Gasteiger partial charge is 0.253 e. The van der Waals surface area contributed by atoms with Crippen LogP contribution in [0.15, 0.2) is 28.7 Å². The molecule has 0 aliphatic carbocycles. The summed E-state index contributed by atoms with van der Waals surface area (Å²) in [5.41, 5.74) is 0.680. The lowest BCUT2D eigenvalue weighted by molar-refractivity contribution is -0.130. The topological polar surface area (TPSA) is 69.7 Å². The Morgan fingerprint density at radius 2 is 1.78 bits per heavy atom. The van der Waals surface area contributed by atoms with Gasteiger partial charge in [-0.1, -0.05) is 15.9 Å². The van der Waals surface area contributed by atoms with Crippen molar-refractivity contribution in [3.63, 3.8) is 0 Å². The highest BCUT2D eigenvalue weighted by Crippen LogP contribution is 2.22. The van der Waals surface area contributed by atoms with Crippen LogP contribution in [0.4, 0.5) is 0 Å². The first-order valence-electron chi connectivity index (χ1n) is 9.50. The maximum absolute atomic E-state index is 12.6. The number of halogens is 1. The number of rotatable bonds is 4. The quantitative estimate of drug-likeness (QED) is 0.789. The van der Waals surface area contributed by atoms with Crippen molar-refractivity contribution in [3.8, 4) is 0 Å². The van der Waals surface area contributed by atoms with Gasteiger partial charge in [-0.05, 0) is 51.0 Å². The summed E-state index contributed by atoms with van der Waals surface area (Å²) < 4.78 is 0.946. The highest BCUT2D eigenvalue weighted by Gasteiger charge is 2.36. The first-order chi connectivity index (χ1) is 12.8. The molecule has 0 spiro atoms. The number of likely N-dealkylation sites (tertiary alicyclic amines) is 2. The van der Waals surface area contributed by atoms with Gasteiger partial charge in [0.25, 0.3) is 5.91 Å². The molecule has 3 rings (SSSR count). The van der Waals surface area contributed by atoms with E-state index >= 15 is 0 Å². The molecule has 2 heterocycles. The van der Waals surface area contributed by atoms with Crippen LogP contribution in [-0.2, 0) is 9.59 Å². The van der Waals surface area contributed by atoms with Crippen LogP contribution in [-0.4, -0.2) is 59.2 Å². The molecule has 3 amide bonds. The molecule has 1 atom stereocenters. The molecule has 0 saturated carbocycles. The Balaban J connectivity index is 1.48. The lowest BCUT2D eigenvalue weighted by Crippen LogP contribution is -2.48.